The first-order valence-electron chi connectivity index (χ1n) is 6.22. The third kappa shape index (κ3) is 3.55. The molecule has 0 bridgehead atoms. The van der Waals surface area contributed by atoms with Gasteiger partial charge < -0.3 is 0 Å². The molecule has 2 rings (SSSR count). The first kappa shape index (κ1) is 15.8. The Kier molecular flexibility index (Phi) is 5.48. The Balaban J connectivity index is 2.36. The molecular weight excluding hydrogens is 362 g/mol. The van der Waals surface area contributed by atoms with Crippen molar-refractivity contribution in [2.45, 2.75) is 11.8 Å². The summed E-state index contributed by atoms with van der Waals surface area (Å²) < 4.78 is 14.0. The zero-order valence-corrected chi connectivity index (χ0v) is 13.8. The molecule has 2 aromatic rings. The highest BCUT2D eigenvalue weighted by atomic mass is 79.9. The van der Waals surface area contributed by atoms with Crippen LogP contribution in [0.4, 0.5) is 4.39 Å². The van der Waals surface area contributed by atoms with Gasteiger partial charge in [-0.25, -0.2) is 4.39 Å². The minimum atomic E-state index is -0.356. The predicted molar refractivity (Wildman–Crippen MR) is 87.4 cm³/mol. The Morgan fingerprint density at radius 3 is 2.20 bits per heavy atom. The maximum absolute atomic E-state index is 13.0. The molecule has 0 aromatic heterocycles. The quantitative estimate of drug-likeness (QED) is 0.601. The molecule has 0 fully saturated rings. The fraction of sp³-hybridized carbons (Fsp3) is 0.250. The van der Waals surface area contributed by atoms with E-state index in [4.69, 9.17) is 23.2 Å². The minimum absolute atomic E-state index is 0.237. The molecule has 0 saturated carbocycles. The third-order valence-corrected chi connectivity index (χ3v) is 4.92. The second kappa shape index (κ2) is 6.93. The van der Waals surface area contributed by atoms with E-state index >= 15 is 0 Å². The standard InChI is InChI=1S/C16H14BrCl2F/c17-14-3-1-2-13(8-14)16(10-18,11-19)9-12-4-6-15(20)7-5-12/h1-8H,9-11H2. The molecule has 2 aromatic carbocycles. The molecule has 0 spiro atoms. The third-order valence-electron chi connectivity index (χ3n) is 3.40. The Hall–Kier alpha value is -0.570. The van der Waals surface area contributed by atoms with Crippen LogP contribution in [0, 0.1) is 5.82 Å². The summed E-state index contributed by atoms with van der Waals surface area (Å²) in [6, 6.07) is 14.5. The normalized spacial score (nSPS) is 11.6. The molecule has 0 unspecified atom stereocenters. The van der Waals surface area contributed by atoms with E-state index in [9.17, 15) is 4.39 Å². The van der Waals surface area contributed by atoms with Crippen LogP contribution in [0.25, 0.3) is 0 Å². The van der Waals surface area contributed by atoms with Gasteiger partial charge in [-0.15, -0.1) is 23.2 Å². The van der Waals surface area contributed by atoms with E-state index in [0.29, 0.717) is 18.2 Å². The van der Waals surface area contributed by atoms with Gasteiger partial charge in [-0.2, -0.15) is 0 Å². The smallest absolute Gasteiger partial charge is 0.123 e. The summed E-state index contributed by atoms with van der Waals surface area (Å²) in [5.74, 6) is 0.577. The summed E-state index contributed by atoms with van der Waals surface area (Å²) >= 11 is 15.9. The van der Waals surface area contributed by atoms with Gasteiger partial charge in [-0.1, -0.05) is 40.2 Å². The van der Waals surface area contributed by atoms with E-state index < -0.39 is 0 Å². The van der Waals surface area contributed by atoms with E-state index in [2.05, 4.69) is 15.9 Å². The fourth-order valence-corrected chi connectivity index (χ4v) is 3.38. The largest absolute Gasteiger partial charge is 0.207 e. The molecular formula is C16H14BrCl2F. The molecule has 0 saturated heterocycles. The number of hydrogen-bond acceptors (Lipinski definition) is 0. The first-order valence-corrected chi connectivity index (χ1v) is 8.08. The van der Waals surface area contributed by atoms with Crippen molar-refractivity contribution >= 4 is 39.1 Å². The molecule has 0 radical (unpaired) electrons. The zero-order valence-electron chi connectivity index (χ0n) is 10.8. The number of benzene rings is 2. The number of hydrogen-bond donors (Lipinski definition) is 0. The van der Waals surface area contributed by atoms with Crippen LogP contribution < -0.4 is 0 Å². The van der Waals surface area contributed by atoms with Crippen molar-refractivity contribution in [2.75, 3.05) is 11.8 Å². The van der Waals surface area contributed by atoms with Crippen LogP contribution in [0.2, 0.25) is 0 Å². The highest BCUT2D eigenvalue weighted by Crippen LogP contribution is 2.33. The van der Waals surface area contributed by atoms with E-state index in [0.717, 1.165) is 15.6 Å². The van der Waals surface area contributed by atoms with Gasteiger partial charge in [0.05, 0.1) is 0 Å². The van der Waals surface area contributed by atoms with Gasteiger partial charge in [-0.05, 0) is 41.8 Å². The first-order chi connectivity index (χ1) is 9.59. The van der Waals surface area contributed by atoms with Gasteiger partial charge in [0.2, 0.25) is 0 Å². The van der Waals surface area contributed by atoms with E-state index in [-0.39, 0.29) is 11.2 Å². The van der Waals surface area contributed by atoms with Crippen molar-refractivity contribution in [3.8, 4) is 0 Å². The van der Waals surface area contributed by atoms with Crippen LogP contribution in [0.15, 0.2) is 53.0 Å². The summed E-state index contributed by atoms with van der Waals surface area (Å²) in [5, 5.41) is 0. The van der Waals surface area contributed by atoms with Crippen molar-refractivity contribution in [1.29, 1.82) is 0 Å². The van der Waals surface area contributed by atoms with Crippen molar-refractivity contribution < 1.29 is 4.39 Å². The van der Waals surface area contributed by atoms with Crippen LogP contribution in [0.5, 0.6) is 0 Å². The number of alkyl halides is 2. The molecule has 0 heterocycles. The Labute approximate surface area is 137 Å². The van der Waals surface area contributed by atoms with Crippen LogP contribution in [-0.2, 0) is 11.8 Å². The highest BCUT2D eigenvalue weighted by Gasteiger charge is 2.31. The maximum atomic E-state index is 13.0. The molecule has 0 aliphatic rings. The Morgan fingerprint density at radius 2 is 1.65 bits per heavy atom. The second-order valence-corrected chi connectivity index (χ2v) is 6.31. The van der Waals surface area contributed by atoms with Crippen LogP contribution >= 0.6 is 39.1 Å². The van der Waals surface area contributed by atoms with Crippen LogP contribution in [-0.4, -0.2) is 11.8 Å². The van der Waals surface area contributed by atoms with E-state index in [1.807, 2.05) is 24.3 Å². The monoisotopic (exact) mass is 374 g/mol. The van der Waals surface area contributed by atoms with Gasteiger partial charge in [0.1, 0.15) is 5.82 Å². The molecule has 0 aliphatic carbocycles. The Morgan fingerprint density at radius 1 is 1.00 bits per heavy atom. The summed E-state index contributed by atoms with van der Waals surface area (Å²) in [6.07, 6.45) is 0.677. The molecule has 0 atom stereocenters. The molecule has 0 nitrogen and oxygen atoms in total. The van der Waals surface area contributed by atoms with Gasteiger partial charge in [0, 0.05) is 21.6 Å². The van der Waals surface area contributed by atoms with Crippen molar-refractivity contribution in [1.82, 2.24) is 0 Å². The molecule has 106 valence electrons. The fourth-order valence-electron chi connectivity index (χ4n) is 2.20. The maximum Gasteiger partial charge on any atom is 0.123 e. The summed E-state index contributed by atoms with van der Waals surface area (Å²) in [6.45, 7) is 0. The van der Waals surface area contributed by atoms with Crippen molar-refractivity contribution in [3.63, 3.8) is 0 Å². The zero-order chi connectivity index (χ0) is 14.6. The van der Waals surface area contributed by atoms with Gasteiger partial charge in [-0.3, -0.25) is 0 Å². The molecule has 0 amide bonds. The topological polar surface area (TPSA) is 0 Å². The van der Waals surface area contributed by atoms with Crippen molar-refractivity contribution in [2.24, 2.45) is 0 Å². The number of halogens is 4. The van der Waals surface area contributed by atoms with E-state index in [1.54, 1.807) is 12.1 Å². The predicted octanol–water partition coefficient (Wildman–Crippen LogP) is 5.55. The number of rotatable bonds is 5. The Bertz CT molecular complexity index is 565. The van der Waals surface area contributed by atoms with E-state index in [1.165, 1.54) is 12.1 Å². The van der Waals surface area contributed by atoms with Gasteiger partial charge in [0.25, 0.3) is 0 Å². The molecule has 20 heavy (non-hydrogen) atoms. The average Bonchev–Trinajstić information content (AvgIpc) is 2.47. The molecule has 4 heteroatoms. The van der Waals surface area contributed by atoms with Gasteiger partial charge >= 0.3 is 0 Å². The van der Waals surface area contributed by atoms with Crippen LogP contribution in [0.1, 0.15) is 11.1 Å². The lowest BCUT2D eigenvalue weighted by Gasteiger charge is -2.30. The lowest BCUT2D eigenvalue weighted by atomic mass is 9.79. The SMILES string of the molecule is Fc1ccc(CC(CCl)(CCl)c2cccc(Br)c2)cc1. The minimum Gasteiger partial charge on any atom is -0.207 e. The van der Waals surface area contributed by atoms with Crippen molar-refractivity contribution in [3.05, 3.63) is 69.9 Å². The summed E-state index contributed by atoms with van der Waals surface area (Å²) in [7, 11) is 0. The summed E-state index contributed by atoms with van der Waals surface area (Å²) in [5.41, 5.74) is 1.75. The highest BCUT2D eigenvalue weighted by molar-refractivity contribution is 9.10. The average molecular weight is 376 g/mol. The van der Waals surface area contributed by atoms with Crippen LogP contribution in [0.3, 0.4) is 0 Å². The van der Waals surface area contributed by atoms with Gasteiger partial charge in [0.15, 0.2) is 0 Å². The second-order valence-electron chi connectivity index (χ2n) is 4.86. The lowest BCUT2D eigenvalue weighted by molar-refractivity contribution is 0.535. The molecule has 0 aliphatic heterocycles. The lowest BCUT2D eigenvalue weighted by Crippen LogP contribution is -2.33. The molecule has 0 N–H and O–H groups in total. The summed E-state index contributed by atoms with van der Waals surface area (Å²) in [4.78, 5) is 0.